The number of aromatic carboxylic acids is 1. The highest BCUT2D eigenvalue weighted by atomic mass is 19.1. The van der Waals surface area contributed by atoms with Gasteiger partial charge < -0.3 is 9.84 Å². The van der Waals surface area contributed by atoms with Crippen molar-refractivity contribution in [3.8, 4) is 5.75 Å². The summed E-state index contributed by atoms with van der Waals surface area (Å²) in [6.45, 7) is -0.0375. The number of nitro groups is 1. The quantitative estimate of drug-likeness (QED) is 0.675. The van der Waals surface area contributed by atoms with Crippen LogP contribution in [0.15, 0.2) is 42.5 Å². The molecular formula is C14H10FNO5. The molecule has 0 aliphatic heterocycles. The predicted octanol–water partition coefficient (Wildman–Crippen LogP) is 3.01. The van der Waals surface area contributed by atoms with Crippen LogP contribution in [0.5, 0.6) is 5.75 Å². The molecule has 2 rings (SSSR count). The van der Waals surface area contributed by atoms with Crippen LogP contribution in [0.1, 0.15) is 15.9 Å². The summed E-state index contributed by atoms with van der Waals surface area (Å²) in [5.41, 5.74) is 0.205. The van der Waals surface area contributed by atoms with Crippen LogP contribution in [0.25, 0.3) is 0 Å². The van der Waals surface area contributed by atoms with Gasteiger partial charge in [-0.3, -0.25) is 10.1 Å². The van der Waals surface area contributed by atoms with Gasteiger partial charge in [0.2, 0.25) is 0 Å². The van der Waals surface area contributed by atoms with Gasteiger partial charge in [-0.05, 0) is 17.7 Å². The van der Waals surface area contributed by atoms with E-state index in [0.717, 1.165) is 12.1 Å². The van der Waals surface area contributed by atoms with Crippen LogP contribution in [0.2, 0.25) is 0 Å². The van der Waals surface area contributed by atoms with Crippen LogP contribution in [0, 0.1) is 15.9 Å². The number of carboxylic acids is 1. The van der Waals surface area contributed by atoms with Crippen molar-refractivity contribution in [2.75, 3.05) is 0 Å². The predicted molar refractivity (Wildman–Crippen MR) is 70.8 cm³/mol. The van der Waals surface area contributed by atoms with Crippen molar-refractivity contribution in [2.24, 2.45) is 0 Å². The van der Waals surface area contributed by atoms with Crippen molar-refractivity contribution in [1.82, 2.24) is 0 Å². The van der Waals surface area contributed by atoms with Crippen LogP contribution >= 0.6 is 0 Å². The molecule has 0 heterocycles. The molecule has 0 aliphatic rings. The van der Waals surface area contributed by atoms with Gasteiger partial charge in [0.15, 0.2) is 0 Å². The number of nitrogens with zero attached hydrogens (tertiary/aromatic N) is 1. The average Bonchev–Trinajstić information content (AvgIpc) is 2.45. The Hall–Kier alpha value is -2.96. The summed E-state index contributed by atoms with van der Waals surface area (Å²) in [6.07, 6.45) is 0. The maximum atomic E-state index is 13.3. The molecule has 0 unspecified atom stereocenters. The number of hydrogen-bond donors (Lipinski definition) is 1. The van der Waals surface area contributed by atoms with E-state index in [2.05, 4.69) is 0 Å². The second-order valence-corrected chi connectivity index (χ2v) is 4.20. The largest absolute Gasteiger partial charge is 0.489 e. The Labute approximate surface area is 118 Å². The summed E-state index contributed by atoms with van der Waals surface area (Å²) in [5.74, 6) is -1.96. The molecule has 7 heteroatoms. The van der Waals surface area contributed by atoms with Gasteiger partial charge in [-0.25, -0.2) is 9.18 Å². The minimum atomic E-state index is -1.27. The monoisotopic (exact) mass is 291 g/mol. The van der Waals surface area contributed by atoms with Crippen LogP contribution in [-0.4, -0.2) is 16.0 Å². The lowest BCUT2D eigenvalue weighted by atomic mass is 10.2. The topological polar surface area (TPSA) is 89.7 Å². The van der Waals surface area contributed by atoms with Gasteiger partial charge >= 0.3 is 5.97 Å². The van der Waals surface area contributed by atoms with Crippen molar-refractivity contribution >= 4 is 11.7 Å². The Bertz CT molecular complexity index is 702. The smallest absolute Gasteiger partial charge is 0.335 e. The molecule has 1 N–H and O–H groups in total. The normalized spacial score (nSPS) is 10.1. The van der Waals surface area contributed by atoms with E-state index in [4.69, 9.17) is 9.84 Å². The van der Waals surface area contributed by atoms with E-state index in [1.165, 1.54) is 24.3 Å². The number of non-ortho nitro benzene ring substituents is 1. The van der Waals surface area contributed by atoms with E-state index >= 15 is 0 Å². The van der Waals surface area contributed by atoms with Gasteiger partial charge in [0.05, 0.1) is 10.5 Å². The zero-order chi connectivity index (χ0) is 15.4. The van der Waals surface area contributed by atoms with Gasteiger partial charge in [-0.2, -0.15) is 0 Å². The van der Waals surface area contributed by atoms with Crippen molar-refractivity contribution in [3.05, 3.63) is 69.5 Å². The third-order valence-electron chi connectivity index (χ3n) is 2.65. The highest BCUT2D eigenvalue weighted by molar-refractivity contribution is 5.88. The van der Waals surface area contributed by atoms with Gasteiger partial charge in [-0.1, -0.05) is 12.1 Å². The zero-order valence-corrected chi connectivity index (χ0v) is 10.7. The Balaban J connectivity index is 2.14. The molecule has 108 valence electrons. The summed E-state index contributed by atoms with van der Waals surface area (Å²) in [6, 6.07) is 8.90. The van der Waals surface area contributed by atoms with E-state index in [9.17, 15) is 19.3 Å². The van der Waals surface area contributed by atoms with Gasteiger partial charge in [0.1, 0.15) is 18.2 Å². The summed E-state index contributed by atoms with van der Waals surface area (Å²) < 4.78 is 18.5. The molecule has 2 aromatic rings. The van der Waals surface area contributed by atoms with E-state index in [0.29, 0.717) is 5.56 Å². The summed E-state index contributed by atoms with van der Waals surface area (Å²) in [7, 11) is 0. The molecule has 0 radical (unpaired) electrons. The molecular weight excluding hydrogens is 281 g/mol. The number of ether oxygens (including phenoxy) is 1. The zero-order valence-electron chi connectivity index (χ0n) is 10.7. The number of hydrogen-bond acceptors (Lipinski definition) is 4. The molecule has 0 atom stereocenters. The molecule has 6 nitrogen and oxygen atoms in total. The first-order valence-electron chi connectivity index (χ1n) is 5.86. The van der Waals surface area contributed by atoms with E-state index < -0.39 is 16.7 Å². The lowest BCUT2D eigenvalue weighted by molar-refractivity contribution is -0.384. The average molecular weight is 291 g/mol. The fourth-order valence-corrected chi connectivity index (χ4v) is 1.70. The van der Waals surface area contributed by atoms with E-state index in [-0.39, 0.29) is 23.6 Å². The van der Waals surface area contributed by atoms with Crippen molar-refractivity contribution in [1.29, 1.82) is 0 Å². The van der Waals surface area contributed by atoms with Crippen LogP contribution < -0.4 is 4.74 Å². The third-order valence-corrected chi connectivity index (χ3v) is 2.65. The number of halogens is 1. The Morgan fingerprint density at radius 1 is 1.29 bits per heavy atom. The second-order valence-electron chi connectivity index (χ2n) is 4.20. The molecule has 0 aliphatic carbocycles. The molecule has 0 saturated heterocycles. The molecule has 0 bridgehead atoms. The number of carboxylic acid groups (broad SMARTS) is 1. The first-order chi connectivity index (χ1) is 9.95. The van der Waals surface area contributed by atoms with Crippen molar-refractivity contribution < 1.29 is 24.0 Å². The summed E-state index contributed by atoms with van der Waals surface area (Å²) >= 11 is 0. The number of benzene rings is 2. The molecule has 0 aromatic heterocycles. The maximum absolute atomic E-state index is 13.3. The molecule has 0 amide bonds. The maximum Gasteiger partial charge on any atom is 0.335 e. The van der Waals surface area contributed by atoms with Crippen molar-refractivity contribution in [2.45, 2.75) is 6.61 Å². The Kier molecular flexibility index (Phi) is 4.13. The first-order valence-corrected chi connectivity index (χ1v) is 5.86. The van der Waals surface area contributed by atoms with Gasteiger partial charge in [0, 0.05) is 18.2 Å². The van der Waals surface area contributed by atoms with Gasteiger partial charge in [0.25, 0.3) is 5.69 Å². The lowest BCUT2D eigenvalue weighted by Gasteiger charge is -2.07. The van der Waals surface area contributed by atoms with Gasteiger partial charge in [-0.15, -0.1) is 0 Å². The highest BCUT2D eigenvalue weighted by Crippen LogP contribution is 2.19. The highest BCUT2D eigenvalue weighted by Gasteiger charge is 2.09. The third kappa shape index (κ3) is 3.75. The van der Waals surface area contributed by atoms with Crippen LogP contribution in [-0.2, 0) is 6.61 Å². The SMILES string of the molecule is O=C(O)c1cc(F)cc(OCc2cccc([N+](=O)[O-])c2)c1. The number of nitro benzene ring substituents is 1. The van der Waals surface area contributed by atoms with E-state index in [1.807, 2.05) is 0 Å². The summed E-state index contributed by atoms with van der Waals surface area (Å²) in [4.78, 5) is 20.9. The molecule has 0 fully saturated rings. The minimum absolute atomic E-state index is 0.0375. The number of rotatable bonds is 5. The Morgan fingerprint density at radius 2 is 2.05 bits per heavy atom. The Morgan fingerprint density at radius 3 is 2.71 bits per heavy atom. The van der Waals surface area contributed by atoms with Crippen LogP contribution in [0.3, 0.4) is 0 Å². The standard InChI is InChI=1S/C14H10FNO5/c15-11-5-10(14(17)18)6-13(7-11)21-8-9-2-1-3-12(4-9)16(19)20/h1-7H,8H2,(H,17,18). The molecule has 21 heavy (non-hydrogen) atoms. The first kappa shape index (κ1) is 14.4. The van der Waals surface area contributed by atoms with E-state index in [1.54, 1.807) is 6.07 Å². The summed E-state index contributed by atoms with van der Waals surface area (Å²) in [5, 5.41) is 19.5. The molecule has 2 aromatic carbocycles. The minimum Gasteiger partial charge on any atom is -0.489 e. The molecule has 0 spiro atoms. The second kappa shape index (κ2) is 6.00. The lowest BCUT2D eigenvalue weighted by Crippen LogP contribution is -2.01. The van der Waals surface area contributed by atoms with Crippen molar-refractivity contribution in [3.63, 3.8) is 0 Å². The number of carbonyl (C=O) groups is 1. The van der Waals surface area contributed by atoms with Crippen LogP contribution in [0.4, 0.5) is 10.1 Å². The fourth-order valence-electron chi connectivity index (χ4n) is 1.70. The molecule has 0 saturated carbocycles. The fraction of sp³-hybridized carbons (Fsp3) is 0.0714.